The van der Waals surface area contributed by atoms with Crippen molar-refractivity contribution in [2.45, 2.75) is 5.92 Å². The van der Waals surface area contributed by atoms with Gasteiger partial charge < -0.3 is 4.42 Å². The number of thiazole rings is 1. The van der Waals surface area contributed by atoms with Gasteiger partial charge in [0.15, 0.2) is 5.78 Å². The first-order chi connectivity index (χ1) is 12.5. The molecule has 0 amide bonds. The minimum atomic E-state index is -0.605. The van der Waals surface area contributed by atoms with Crippen LogP contribution in [0.3, 0.4) is 0 Å². The quantitative estimate of drug-likeness (QED) is 0.517. The molecule has 1 aliphatic rings. The minimum Gasteiger partial charge on any atom is -0.457 e. The van der Waals surface area contributed by atoms with Crippen LogP contribution in [0.5, 0.6) is 0 Å². The van der Waals surface area contributed by atoms with E-state index in [2.05, 4.69) is 4.98 Å². The molecule has 1 fully saturated rings. The molecule has 3 heterocycles. The van der Waals surface area contributed by atoms with Crippen LogP contribution in [0.25, 0.3) is 17.4 Å². The summed E-state index contributed by atoms with van der Waals surface area (Å²) in [6.45, 7) is 0. The summed E-state index contributed by atoms with van der Waals surface area (Å²) in [5, 5.41) is 11.9. The number of thioether (sulfide) groups is 1. The molecule has 4 rings (SSSR count). The van der Waals surface area contributed by atoms with Crippen LogP contribution in [-0.4, -0.2) is 15.8 Å². The van der Waals surface area contributed by atoms with Gasteiger partial charge in [0.2, 0.25) is 0 Å². The lowest BCUT2D eigenvalue weighted by Crippen LogP contribution is -2.11. The SMILES string of the molecule is N=C1S/C(=C\c2ccc(-c3ccc(Cl)cc3Cl)o2)C(=O)[C@H]1c1nccs1. The number of allylic oxidation sites excluding steroid dienone is 1. The van der Waals surface area contributed by atoms with E-state index in [1.54, 1.807) is 48.0 Å². The number of rotatable bonds is 3. The summed E-state index contributed by atoms with van der Waals surface area (Å²) in [4.78, 5) is 17.3. The first-order valence-corrected chi connectivity index (χ1v) is 9.95. The molecule has 0 bridgehead atoms. The summed E-state index contributed by atoms with van der Waals surface area (Å²) in [6.07, 6.45) is 3.30. The van der Waals surface area contributed by atoms with Crippen molar-refractivity contribution in [3.8, 4) is 11.3 Å². The van der Waals surface area contributed by atoms with E-state index in [4.69, 9.17) is 33.0 Å². The lowest BCUT2D eigenvalue weighted by atomic mass is 10.1. The van der Waals surface area contributed by atoms with Gasteiger partial charge in [-0.1, -0.05) is 35.0 Å². The van der Waals surface area contributed by atoms with Gasteiger partial charge in [-0.15, -0.1) is 11.3 Å². The Hall–Kier alpha value is -1.86. The van der Waals surface area contributed by atoms with Crippen LogP contribution in [0.2, 0.25) is 10.0 Å². The number of carbonyl (C=O) groups excluding carboxylic acids is 1. The summed E-state index contributed by atoms with van der Waals surface area (Å²) in [5.74, 6) is 0.374. The Bertz CT molecular complexity index is 1040. The summed E-state index contributed by atoms with van der Waals surface area (Å²) in [5.41, 5.74) is 0.722. The number of halogens is 2. The third-order valence-corrected chi connectivity index (χ3v) is 6.17. The number of benzene rings is 1. The van der Waals surface area contributed by atoms with Crippen molar-refractivity contribution < 1.29 is 9.21 Å². The molecule has 1 aromatic carbocycles. The van der Waals surface area contributed by atoms with E-state index < -0.39 is 5.92 Å². The molecule has 130 valence electrons. The topological polar surface area (TPSA) is 67.0 Å². The average molecular weight is 421 g/mol. The van der Waals surface area contributed by atoms with E-state index in [9.17, 15) is 4.79 Å². The maximum absolute atomic E-state index is 12.6. The molecular formula is C18H10Cl2N2O2S2. The summed E-state index contributed by atoms with van der Waals surface area (Å²) in [7, 11) is 0. The van der Waals surface area contributed by atoms with Gasteiger partial charge in [0, 0.05) is 22.2 Å². The second-order valence-corrected chi connectivity index (χ2v) is 8.32. The smallest absolute Gasteiger partial charge is 0.186 e. The van der Waals surface area contributed by atoms with Gasteiger partial charge in [-0.25, -0.2) is 4.98 Å². The van der Waals surface area contributed by atoms with Crippen molar-refractivity contribution in [2.75, 3.05) is 0 Å². The second kappa shape index (κ2) is 7.04. The highest BCUT2D eigenvalue weighted by Gasteiger charge is 2.38. The van der Waals surface area contributed by atoms with Gasteiger partial charge in [0.05, 0.1) is 15.0 Å². The molecule has 8 heteroatoms. The first-order valence-electron chi connectivity index (χ1n) is 7.50. The third-order valence-electron chi connectivity index (χ3n) is 3.78. The van der Waals surface area contributed by atoms with E-state index in [-0.39, 0.29) is 10.8 Å². The molecule has 1 atom stereocenters. The van der Waals surface area contributed by atoms with Crippen molar-refractivity contribution in [1.82, 2.24) is 4.98 Å². The molecule has 0 saturated carbocycles. The van der Waals surface area contributed by atoms with Crippen molar-refractivity contribution in [3.63, 3.8) is 0 Å². The second-order valence-electron chi connectivity index (χ2n) is 5.47. The van der Waals surface area contributed by atoms with Gasteiger partial charge in [-0.05, 0) is 36.4 Å². The van der Waals surface area contributed by atoms with Crippen LogP contribution in [0.4, 0.5) is 0 Å². The number of carbonyl (C=O) groups is 1. The number of Topliss-reactive ketones (excluding diaryl/α,β-unsaturated/α-hetero) is 1. The Kier molecular flexibility index (Phi) is 4.75. The number of nitrogens with one attached hydrogen (secondary N) is 1. The van der Waals surface area contributed by atoms with Crippen LogP contribution in [-0.2, 0) is 4.79 Å². The standard InChI is InChI=1S/C18H10Cl2N2O2S2/c19-9-1-3-11(12(20)7-9)13-4-2-10(24-13)8-14-16(23)15(17(21)26-14)18-22-5-6-25-18/h1-8,15,21H/b14-8-,21-17?/t15-/m1/s1. The third kappa shape index (κ3) is 3.25. The van der Waals surface area contributed by atoms with E-state index in [1.807, 2.05) is 0 Å². The Morgan fingerprint density at radius 1 is 1.23 bits per heavy atom. The van der Waals surface area contributed by atoms with Crippen LogP contribution >= 0.6 is 46.3 Å². The van der Waals surface area contributed by atoms with E-state index >= 15 is 0 Å². The fraction of sp³-hybridized carbons (Fsp3) is 0.0556. The molecule has 0 aliphatic carbocycles. The van der Waals surface area contributed by atoms with Crippen molar-refractivity contribution in [1.29, 1.82) is 5.41 Å². The summed E-state index contributed by atoms with van der Waals surface area (Å²) >= 11 is 14.7. The first kappa shape index (κ1) is 17.5. The fourth-order valence-electron chi connectivity index (χ4n) is 2.58. The van der Waals surface area contributed by atoms with E-state index in [1.165, 1.54) is 11.3 Å². The lowest BCUT2D eigenvalue weighted by molar-refractivity contribution is -0.114. The molecule has 3 aromatic rings. The Morgan fingerprint density at radius 3 is 2.81 bits per heavy atom. The maximum Gasteiger partial charge on any atom is 0.186 e. The normalized spacial score (nSPS) is 18.8. The molecule has 0 unspecified atom stereocenters. The molecule has 4 nitrogen and oxygen atoms in total. The number of hydrogen-bond acceptors (Lipinski definition) is 6. The molecule has 2 aromatic heterocycles. The van der Waals surface area contributed by atoms with Gasteiger partial charge in [0.1, 0.15) is 22.4 Å². The zero-order chi connectivity index (χ0) is 18.3. The predicted molar refractivity (Wildman–Crippen MR) is 107 cm³/mol. The van der Waals surface area contributed by atoms with Crippen molar-refractivity contribution in [3.05, 3.63) is 67.6 Å². The number of ketones is 1. The molecule has 0 radical (unpaired) electrons. The average Bonchev–Trinajstić information content (AvgIpc) is 3.31. The number of hydrogen-bond donors (Lipinski definition) is 1. The van der Waals surface area contributed by atoms with E-state index in [0.717, 1.165) is 17.3 Å². The van der Waals surface area contributed by atoms with Crippen LogP contribution in [0.1, 0.15) is 16.7 Å². The van der Waals surface area contributed by atoms with Gasteiger partial charge in [-0.2, -0.15) is 0 Å². The molecule has 1 aliphatic heterocycles. The fourth-order valence-corrected chi connectivity index (χ4v) is 4.87. The van der Waals surface area contributed by atoms with Crippen LogP contribution < -0.4 is 0 Å². The lowest BCUT2D eigenvalue weighted by Gasteiger charge is -2.01. The van der Waals surface area contributed by atoms with E-state index in [0.29, 0.717) is 31.5 Å². The highest BCUT2D eigenvalue weighted by Crippen LogP contribution is 2.41. The molecule has 26 heavy (non-hydrogen) atoms. The molecule has 1 N–H and O–H groups in total. The highest BCUT2D eigenvalue weighted by atomic mass is 35.5. The molecular weight excluding hydrogens is 411 g/mol. The van der Waals surface area contributed by atoms with Gasteiger partial charge in [0.25, 0.3) is 0 Å². The van der Waals surface area contributed by atoms with Gasteiger partial charge in [-0.3, -0.25) is 10.2 Å². The number of aromatic nitrogens is 1. The zero-order valence-corrected chi connectivity index (χ0v) is 16.2. The number of furan rings is 1. The molecule has 0 spiro atoms. The van der Waals surface area contributed by atoms with Crippen LogP contribution in [0, 0.1) is 5.41 Å². The summed E-state index contributed by atoms with van der Waals surface area (Å²) < 4.78 is 5.81. The maximum atomic E-state index is 12.6. The summed E-state index contributed by atoms with van der Waals surface area (Å²) in [6, 6.07) is 8.72. The number of nitrogens with zero attached hydrogens (tertiary/aromatic N) is 1. The Balaban J connectivity index is 1.63. The molecule has 1 saturated heterocycles. The van der Waals surface area contributed by atoms with Crippen molar-refractivity contribution in [2.24, 2.45) is 0 Å². The van der Waals surface area contributed by atoms with Crippen LogP contribution in [0.15, 0.2) is 51.2 Å². The Morgan fingerprint density at radius 2 is 2.08 bits per heavy atom. The van der Waals surface area contributed by atoms with Gasteiger partial charge >= 0.3 is 0 Å². The zero-order valence-electron chi connectivity index (χ0n) is 13.0. The minimum absolute atomic E-state index is 0.127. The monoisotopic (exact) mass is 420 g/mol. The Labute approximate surface area is 167 Å². The largest absolute Gasteiger partial charge is 0.457 e. The highest BCUT2D eigenvalue weighted by molar-refractivity contribution is 8.19. The predicted octanol–water partition coefficient (Wildman–Crippen LogP) is 6.13. The van der Waals surface area contributed by atoms with Crippen molar-refractivity contribution >= 4 is 63.2 Å².